The van der Waals surface area contributed by atoms with Gasteiger partial charge in [0.15, 0.2) is 0 Å². The van der Waals surface area contributed by atoms with Crippen LogP contribution >= 0.6 is 0 Å². The summed E-state index contributed by atoms with van der Waals surface area (Å²) in [5, 5.41) is 8.71. The van der Waals surface area contributed by atoms with Crippen molar-refractivity contribution in [2.45, 2.75) is 26.8 Å². The van der Waals surface area contributed by atoms with Gasteiger partial charge in [0.2, 0.25) is 0 Å². The molecule has 0 heterocycles. The van der Waals surface area contributed by atoms with Crippen molar-refractivity contribution in [1.82, 2.24) is 0 Å². The molecule has 0 fully saturated rings. The van der Waals surface area contributed by atoms with Crippen LogP contribution in [0.5, 0.6) is 0 Å². The summed E-state index contributed by atoms with van der Waals surface area (Å²) >= 11 is 0. The molecule has 4 heteroatoms. The number of hydrogen-bond donors (Lipinski definition) is 1. The zero-order valence-corrected chi connectivity index (χ0v) is 9.70. The number of anilines is 1. The molecular weight excluding hydrogens is 209 g/mol. The highest BCUT2D eigenvalue weighted by Crippen LogP contribution is 2.20. The van der Waals surface area contributed by atoms with Crippen molar-refractivity contribution in [3.8, 4) is 0 Å². The van der Waals surface area contributed by atoms with Crippen LogP contribution in [0, 0.1) is 5.82 Å². The molecule has 1 aromatic rings. The van der Waals surface area contributed by atoms with E-state index in [1.165, 1.54) is 12.1 Å². The van der Waals surface area contributed by atoms with E-state index in [-0.39, 0.29) is 11.6 Å². The molecule has 0 aliphatic heterocycles. The van der Waals surface area contributed by atoms with Gasteiger partial charge in [0, 0.05) is 18.3 Å². The highest BCUT2D eigenvalue weighted by atomic mass is 19.1. The number of nitrogens with zero attached hydrogens (tertiary/aromatic N) is 1. The summed E-state index contributed by atoms with van der Waals surface area (Å²) in [6.45, 7) is 6.74. The van der Waals surface area contributed by atoms with Crippen LogP contribution in [0.15, 0.2) is 18.2 Å². The van der Waals surface area contributed by atoms with Gasteiger partial charge in [-0.25, -0.2) is 9.18 Å². The largest absolute Gasteiger partial charge is 0.478 e. The molecular formula is C12H16FNO2. The number of aromatic carboxylic acids is 1. The van der Waals surface area contributed by atoms with Crippen molar-refractivity contribution >= 4 is 11.7 Å². The number of carboxylic acid groups (broad SMARTS) is 1. The third kappa shape index (κ3) is 2.51. The Labute approximate surface area is 94.5 Å². The van der Waals surface area contributed by atoms with E-state index >= 15 is 0 Å². The van der Waals surface area contributed by atoms with Crippen LogP contribution < -0.4 is 4.90 Å². The van der Waals surface area contributed by atoms with Crippen molar-refractivity contribution in [1.29, 1.82) is 0 Å². The van der Waals surface area contributed by atoms with Gasteiger partial charge in [-0.15, -0.1) is 0 Å². The van der Waals surface area contributed by atoms with Crippen molar-refractivity contribution in [3.05, 3.63) is 29.6 Å². The standard InChI is InChI=1S/C12H16FNO2/c1-4-14(8(2)3)9-5-6-10(12(15)16)11(13)7-9/h5-8H,4H2,1-3H3,(H,15,16). The predicted molar refractivity (Wildman–Crippen MR) is 61.5 cm³/mol. The van der Waals surface area contributed by atoms with Crippen LogP contribution in [-0.2, 0) is 0 Å². The summed E-state index contributed by atoms with van der Waals surface area (Å²) < 4.78 is 13.5. The number of rotatable bonds is 4. The summed E-state index contributed by atoms with van der Waals surface area (Å²) in [5.74, 6) is -1.93. The highest BCUT2D eigenvalue weighted by Gasteiger charge is 2.14. The average Bonchev–Trinajstić information content (AvgIpc) is 2.17. The summed E-state index contributed by atoms with van der Waals surface area (Å²) in [5.41, 5.74) is 0.420. The van der Waals surface area contributed by atoms with Gasteiger partial charge in [0.1, 0.15) is 5.82 Å². The Balaban J connectivity index is 3.09. The monoisotopic (exact) mass is 225 g/mol. The van der Waals surface area contributed by atoms with Gasteiger partial charge in [-0.1, -0.05) is 0 Å². The van der Waals surface area contributed by atoms with Gasteiger partial charge in [-0.2, -0.15) is 0 Å². The Morgan fingerprint density at radius 3 is 2.50 bits per heavy atom. The molecule has 0 radical (unpaired) electrons. The van der Waals surface area contributed by atoms with Gasteiger partial charge in [-0.3, -0.25) is 0 Å². The van der Waals surface area contributed by atoms with E-state index in [4.69, 9.17) is 5.11 Å². The second-order valence-corrected chi connectivity index (χ2v) is 3.85. The van der Waals surface area contributed by atoms with Gasteiger partial charge >= 0.3 is 5.97 Å². The van der Waals surface area contributed by atoms with Crippen LogP contribution in [0.3, 0.4) is 0 Å². The first-order chi connectivity index (χ1) is 7.47. The lowest BCUT2D eigenvalue weighted by Crippen LogP contribution is -2.30. The Morgan fingerprint density at radius 2 is 2.12 bits per heavy atom. The minimum atomic E-state index is -1.24. The summed E-state index contributed by atoms with van der Waals surface area (Å²) in [6.07, 6.45) is 0. The second-order valence-electron chi connectivity index (χ2n) is 3.85. The molecule has 3 nitrogen and oxygen atoms in total. The third-order valence-corrected chi connectivity index (χ3v) is 2.48. The summed E-state index contributed by atoms with van der Waals surface area (Å²) in [4.78, 5) is 12.6. The minimum absolute atomic E-state index is 0.250. The van der Waals surface area contributed by atoms with Crippen molar-refractivity contribution in [2.75, 3.05) is 11.4 Å². The van der Waals surface area contributed by atoms with Crippen LogP contribution in [0.2, 0.25) is 0 Å². The van der Waals surface area contributed by atoms with Gasteiger partial charge in [0.25, 0.3) is 0 Å². The van der Waals surface area contributed by atoms with Crippen LogP contribution in [-0.4, -0.2) is 23.7 Å². The lowest BCUT2D eigenvalue weighted by molar-refractivity contribution is 0.0692. The number of benzene rings is 1. The molecule has 0 bridgehead atoms. The fraction of sp³-hybridized carbons (Fsp3) is 0.417. The molecule has 0 amide bonds. The molecule has 0 aliphatic carbocycles. The van der Waals surface area contributed by atoms with Crippen molar-refractivity contribution in [3.63, 3.8) is 0 Å². The van der Waals surface area contributed by atoms with E-state index in [9.17, 15) is 9.18 Å². The van der Waals surface area contributed by atoms with Crippen molar-refractivity contribution in [2.24, 2.45) is 0 Å². The first-order valence-electron chi connectivity index (χ1n) is 5.26. The number of carbonyl (C=O) groups is 1. The quantitative estimate of drug-likeness (QED) is 0.856. The van der Waals surface area contributed by atoms with E-state index < -0.39 is 11.8 Å². The highest BCUT2D eigenvalue weighted by molar-refractivity contribution is 5.88. The number of carboxylic acids is 1. The predicted octanol–water partition coefficient (Wildman–Crippen LogP) is 2.76. The van der Waals surface area contributed by atoms with Gasteiger partial charge in [0.05, 0.1) is 5.56 Å². The molecule has 1 rings (SSSR count). The van der Waals surface area contributed by atoms with Crippen LogP contribution in [0.4, 0.5) is 10.1 Å². The molecule has 0 aromatic heterocycles. The SMILES string of the molecule is CCN(c1ccc(C(=O)O)c(F)c1)C(C)C. The molecule has 0 aliphatic rings. The van der Waals surface area contributed by atoms with Gasteiger partial charge in [-0.05, 0) is 39.0 Å². The maximum Gasteiger partial charge on any atom is 0.338 e. The number of halogens is 1. The van der Waals surface area contributed by atoms with E-state index in [2.05, 4.69) is 0 Å². The second kappa shape index (κ2) is 4.96. The van der Waals surface area contributed by atoms with E-state index in [0.717, 1.165) is 6.54 Å². The Bertz CT molecular complexity index is 391. The minimum Gasteiger partial charge on any atom is -0.478 e. The number of hydrogen-bond acceptors (Lipinski definition) is 2. The van der Waals surface area contributed by atoms with Gasteiger partial charge < -0.3 is 10.0 Å². The fourth-order valence-corrected chi connectivity index (χ4v) is 1.70. The molecule has 1 N–H and O–H groups in total. The molecule has 16 heavy (non-hydrogen) atoms. The Hall–Kier alpha value is -1.58. The first kappa shape index (κ1) is 12.5. The lowest BCUT2D eigenvalue weighted by atomic mass is 10.1. The first-order valence-corrected chi connectivity index (χ1v) is 5.26. The molecule has 0 spiro atoms. The maximum atomic E-state index is 13.5. The molecule has 0 unspecified atom stereocenters. The summed E-state index contributed by atoms with van der Waals surface area (Å²) in [7, 11) is 0. The topological polar surface area (TPSA) is 40.5 Å². The van der Waals surface area contributed by atoms with Crippen LogP contribution in [0.25, 0.3) is 0 Å². The Kier molecular flexibility index (Phi) is 3.88. The maximum absolute atomic E-state index is 13.5. The van der Waals surface area contributed by atoms with E-state index in [1.54, 1.807) is 6.07 Å². The molecule has 1 aromatic carbocycles. The smallest absolute Gasteiger partial charge is 0.338 e. The summed E-state index contributed by atoms with van der Waals surface area (Å²) in [6, 6.07) is 4.46. The van der Waals surface area contributed by atoms with E-state index in [0.29, 0.717) is 5.69 Å². The average molecular weight is 225 g/mol. The van der Waals surface area contributed by atoms with Crippen molar-refractivity contribution < 1.29 is 14.3 Å². The van der Waals surface area contributed by atoms with Crippen LogP contribution in [0.1, 0.15) is 31.1 Å². The molecule has 88 valence electrons. The third-order valence-electron chi connectivity index (χ3n) is 2.48. The molecule has 0 saturated heterocycles. The molecule has 0 atom stereocenters. The molecule has 0 saturated carbocycles. The zero-order valence-electron chi connectivity index (χ0n) is 9.70. The zero-order chi connectivity index (χ0) is 12.3. The lowest BCUT2D eigenvalue weighted by Gasteiger charge is -2.27. The Morgan fingerprint density at radius 1 is 1.50 bits per heavy atom. The normalized spacial score (nSPS) is 10.6. The van der Waals surface area contributed by atoms with E-state index in [1.807, 2.05) is 25.7 Å². The fourth-order valence-electron chi connectivity index (χ4n) is 1.70.